The van der Waals surface area contributed by atoms with E-state index >= 15 is 0 Å². The maximum atomic E-state index is 12.4. The van der Waals surface area contributed by atoms with Crippen LogP contribution < -0.4 is 14.8 Å². The molecule has 7 heteroatoms. The van der Waals surface area contributed by atoms with Crippen LogP contribution in [0.2, 0.25) is 0 Å². The van der Waals surface area contributed by atoms with Crippen molar-refractivity contribution < 1.29 is 27.4 Å². The standard InChI is InChI=1S/C19H20F3NO3/c1-4-17(25-16-8-5-12(2)13(3)11-16)18(24)23-14-6-9-15(10-7-14)26-19(20,21)22/h5-11,17H,4H2,1-3H3,(H,23,24)/t17-/m0/s1. The van der Waals surface area contributed by atoms with Crippen LogP contribution in [0.5, 0.6) is 11.5 Å². The number of hydrogen-bond acceptors (Lipinski definition) is 3. The molecule has 2 rings (SSSR count). The molecule has 1 atom stereocenters. The Morgan fingerprint density at radius 2 is 1.65 bits per heavy atom. The highest BCUT2D eigenvalue weighted by molar-refractivity contribution is 5.94. The molecule has 0 unspecified atom stereocenters. The van der Waals surface area contributed by atoms with Gasteiger partial charge in [0.2, 0.25) is 0 Å². The van der Waals surface area contributed by atoms with Gasteiger partial charge in [-0.05, 0) is 67.8 Å². The van der Waals surface area contributed by atoms with Gasteiger partial charge in [0.15, 0.2) is 6.10 Å². The Balaban J connectivity index is 2.01. The molecule has 0 aliphatic carbocycles. The van der Waals surface area contributed by atoms with Crippen LogP contribution in [0.15, 0.2) is 42.5 Å². The average molecular weight is 367 g/mol. The van der Waals surface area contributed by atoms with Crippen LogP contribution in [0.1, 0.15) is 24.5 Å². The van der Waals surface area contributed by atoms with E-state index in [2.05, 4.69) is 10.1 Å². The quantitative estimate of drug-likeness (QED) is 0.782. The Morgan fingerprint density at radius 1 is 1.04 bits per heavy atom. The lowest BCUT2D eigenvalue weighted by Gasteiger charge is -2.18. The van der Waals surface area contributed by atoms with E-state index in [4.69, 9.17) is 4.74 Å². The Bertz CT molecular complexity index is 758. The predicted octanol–water partition coefficient (Wildman–Crippen LogP) is 5.00. The number of nitrogens with one attached hydrogen (secondary N) is 1. The summed E-state index contributed by atoms with van der Waals surface area (Å²) in [5.41, 5.74) is 2.53. The zero-order valence-electron chi connectivity index (χ0n) is 14.7. The Kier molecular flexibility index (Phi) is 6.13. The highest BCUT2D eigenvalue weighted by Gasteiger charge is 2.31. The third kappa shape index (κ3) is 5.68. The number of halogens is 3. The number of carbonyl (C=O) groups is 1. The van der Waals surface area contributed by atoms with Crippen molar-refractivity contribution in [3.63, 3.8) is 0 Å². The molecule has 0 heterocycles. The Morgan fingerprint density at radius 3 is 2.19 bits per heavy atom. The first-order valence-corrected chi connectivity index (χ1v) is 8.08. The number of aryl methyl sites for hydroxylation is 2. The molecule has 2 aromatic rings. The Labute approximate surface area is 149 Å². The second-order valence-electron chi connectivity index (χ2n) is 5.82. The lowest BCUT2D eigenvalue weighted by Crippen LogP contribution is -2.32. The minimum absolute atomic E-state index is 0.353. The number of carbonyl (C=O) groups excluding carboxylic acids is 1. The highest BCUT2D eigenvalue weighted by Crippen LogP contribution is 2.24. The summed E-state index contributed by atoms with van der Waals surface area (Å²) in [4.78, 5) is 12.4. The monoisotopic (exact) mass is 367 g/mol. The fourth-order valence-corrected chi connectivity index (χ4v) is 2.24. The van der Waals surface area contributed by atoms with Crippen molar-refractivity contribution in [1.29, 1.82) is 0 Å². The van der Waals surface area contributed by atoms with Gasteiger partial charge in [0, 0.05) is 5.69 Å². The molecule has 0 fully saturated rings. The second-order valence-corrected chi connectivity index (χ2v) is 5.82. The third-order valence-electron chi connectivity index (χ3n) is 3.78. The molecular weight excluding hydrogens is 347 g/mol. The molecule has 26 heavy (non-hydrogen) atoms. The number of rotatable bonds is 6. The zero-order chi connectivity index (χ0) is 19.3. The normalized spacial score (nSPS) is 12.4. The van der Waals surface area contributed by atoms with E-state index in [0.717, 1.165) is 23.3 Å². The van der Waals surface area contributed by atoms with Gasteiger partial charge >= 0.3 is 6.36 Å². The third-order valence-corrected chi connectivity index (χ3v) is 3.78. The summed E-state index contributed by atoms with van der Waals surface area (Å²) in [7, 11) is 0. The summed E-state index contributed by atoms with van der Waals surface area (Å²) >= 11 is 0. The predicted molar refractivity (Wildman–Crippen MR) is 92.4 cm³/mol. The van der Waals surface area contributed by atoms with Crippen molar-refractivity contribution in [3.8, 4) is 11.5 Å². The van der Waals surface area contributed by atoms with Gasteiger partial charge in [-0.15, -0.1) is 13.2 Å². The van der Waals surface area contributed by atoms with Crippen LogP contribution in [0.25, 0.3) is 0 Å². The summed E-state index contributed by atoms with van der Waals surface area (Å²) < 4.78 is 46.0. The van der Waals surface area contributed by atoms with Crippen molar-refractivity contribution in [1.82, 2.24) is 0 Å². The van der Waals surface area contributed by atoms with E-state index < -0.39 is 12.5 Å². The van der Waals surface area contributed by atoms with Crippen molar-refractivity contribution in [2.45, 2.75) is 39.7 Å². The molecule has 1 amide bonds. The first-order valence-electron chi connectivity index (χ1n) is 8.08. The first-order chi connectivity index (χ1) is 12.2. The molecular formula is C19H20F3NO3. The fourth-order valence-electron chi connectivity index (χ4n) is 2.24. The Hall–Kier alpha value is -2.70. The van der Waals surface area contributed by atoms with Gasteiger partial charge in [-0.3, -0.25) is 4.79 Å². The van der Waals surface area contributed by atoms with Crippen LogP contribution in [0.3, 0.4) is 0 Å². The molecule has 0 aliphatic heterocycles. The molecule has 1 N–H and O–H groups in total. The first kappa shape index (κ1) is 19.6. The molecule has 4 nitrogen and oxygen atoms in total. The van der Waals surface area contributed by atoms with Crippen LogP contribution in [-0.2, 0) is 4.79 Å². The minimum atomic E-state index is -4.75. The lowest BCUT2D eigenvalue weighted by atomic mass is 10.1. The van der Waals surface area contributed by atoms with E-state index in [0.29, 0.717) is 17.9 Å². The van der Waals surface area contributed by atoms with Crippen molar-refractivity contribution >= 4 is 11.6 Å². The van der Waals surface area contributed by atoms with Crippen LogP contribution >= 0.6 is 0 Å². The molecule has 0 spiro atoms. The topological polar surface area (TPSA) is 47.6 Å². The summed E-state index contributed by atoms with van der Waals surface area (Å²) in [5, 5.41) is 2.63. The van der Waals surface area contributed by atoms with Crippen molar-refractivity contribution in [2.75, 3.05) is 5.32 Å². The van der Waals surface area contributed by atoms with E-state index in [1.165, 1.54) is 12.1 Å². The smallest absolute Gasteiger partial charge is 0.481 e. The van der Waals surface area contributed by atoms with Gasteiger partial charge in [-0.1, -0.05) is 13.0 Å². The summed E-state index contributed by atoms with van der Waals surface area (Å²) in [6.07, 6.45) is -5.03. The molecule has 0 aliphatic rings. The molecule has 140 valence electrons. The van der Waals surface area contributed by atoms with E-state index in [1.54, 1.807) is 6.07 Å². The maximum Gasteiger partial charge on any atom is 0.573 e. The summed E-state index contributed by atoms with van der Waals surface area (Å²) in [6.45, 7) is 5.74. The molecule has 0 radical (unpaired) electrons. The molecule has 0 saturated heterocycles. The van der Waals surface area contributed by atoms with E-state index in [1.807, 2.05) is 32.9 Å². The minimum Gasteiger partial charge on any atom is -0.481 e. The van der Waals surface area contributed by atoms with Crippen LogP contribution in [-0.4, -0.2) is 18.4 Å². The number of ether oxygens (including phenoxy) is 2. The highest BCUT2D eigenvalue weighted by atomic mass is 19.4. The molecule has 0 aromatic heterocycles. The van der Waals surface area contributed by atoms with E-state index in [-0.39, 0.29) is 11.7 Å². The fraction of sp³-hybridized carbons (Fsp3) is 0.316. The number of hydrogen-bond donors (Lipinski definition) is 1. The maximum absolute atomic E-state index is 12.4. The van der Waals surface area contributed by atoms with Gasteiger partial charge in [-0.25, -0.2) is 0 Å². The zero-order valence-corrected chi connectivity index (χ0v) is 14.7. The van der Waals surface area contributed by atoms with Crippen LogP contribution in [0, 0.1) is 13.8 Å². The molecule has 0 saturated carbocycles. The van der Waals surface area contributed by atoms with Crippen molar-refractivity contribution in [2.24, 2.45) is 0 Å². The van der Waals surface area contributed by atoms with Crippen molar-refractivity contribution in [3.05, 3.63) is 53.6 Å². The van der Waals surface area contributed by atoms with Gasteiger partial charge in [0.25, 0.3) is 5.91 Å². The second kappa shape index (κ2) is 8.12. The molecule has 2 aromatic carbocycles. The number of benzene rings is 2. The van der Waals surface area contributed by atoms with Crippen LogP contribution in [0.4, 0.5) is 18.9 Å². The summed E-state index contributed by atoms with van der Waals surface area (Å²) in [6, 6.07) is 10.5. The van der Waals surface area contributed by atoms with Gasteiger partial charge in [0.05, 0.1) is 0 Å². The SMILES string of the molecule is CC[C@H](Oc1ccc(C)c(C)c1)C(=O)Nc1ccc(OC(F)(F)F)cc1. The van der Waals surface area contributed by atoms with Gasteiger partial charge in [-0.2, -0.15) is 0 Å². The number of alkyl halides is 3. The largest absolute Gasteiger partial charge is 0.573 e. The lowest BCUT2D eigenvalue weighted by molar-refractivity contribution is -0.274. The molecule has 0 bridgehead atoms. The average Bonchev–Trinajstić information content (AvgIpc) is 2.56. The van der Waals surface area contributed by atoms with Gasteiger partial charge in [0.1, 0.15) is 11.5 Å². The summed E-state index contributed by atoms with van der Waals surface area (Å²) in [5.74, 6) is -0.145. The van der Waals surface area contributed by atoms with Gasteiger partial charge < -0.3 is 14.8 Å². The number of anilines is 1. The number of amides is 1. The van der Waals surface area contributed by atoms with E-state index in [9.17, 15) is 18.0 Å².